The highest BCUT2D eigenvalue weighted by Gasteiger charge is 2.18. The Morgan fingerprint density at radius 2 is 2.21 bits per heavy atom. The van der Waals surface area contributed by atoms with Crippen LogP contribution in [0.3, 0.4) is 0 Å². The second-order valence-corrected chi connectivity index (χ2v) is 5.82. The zero-order valence-electron chi connectivity index (χ0n) is 12.0. The molecule has 0 saturated carbocycles. The molecule has 1 atom stereocenters. The van der Waals surface area contributed by atoms with Crippen molar-refractivity contribution in [3.8, 4) is 0 Å². The number of carbonyl (C=O) groups excluding carboxylic acids is 1. The molecule has 1 amide bonds. The monoisotopic (exact) mass is 269 g/mol. The number of carbonyl (C=O) groups is 1. The molecule has 0 bridgehead atoms. The van der Waals surface area contributed by atoms with Crippen molar-refractivity contribution in [1.82, 2.24) is 15.5 Å². The smallest absolute Gasteiger partial charge is 0.221 e. The number of piperidine rings is 1. The van der Waals surface area contributed by atoms with E-state index in [2.05, 4.69) is 22.6 Å². The van der Waals surface area contributed by atoms with Gasteiger partial charge in [-0.25, -0.2) is 0 Å². The average Bonchev–Trinajstić information content (AvgIpc) is 2.42. The Morgan fingerprint density at radius 3 is 2.89 bits per heavy atom. The van der Waals surface area contributed by atoms with Gasteiger partial charge in [-0.1, -0.05) is 0 Å². The number of rotatable bonds is 5. The van der Waals surface area contributed by atoms with Gasteiger partial charge in [-0.15, -0.1) is 0 Å². The predicted octanol–water partition coefficient (Wildman–Crippen LogP) is 0.213. The largest absolute Gasteiger partial charge is 0.378 e. The third kappa shape index (κ3) is 5.47. The van der Waals surface area contributed by atoms with Gasteiger partial charge in [0.15, 0.2) is 0 Å². The molecular formula is C14H27N3O2. The van der Waals surface area contributed by atoms with Gasteiger partial charge in [0.05, 0.1) is 13.2 Å². The predicted molar refractivity (Wildman–Crippen MR) is 75.1 cm³/mol. The van der Waals surface area contributed by atoms with Crippen LogP contribution in [0.2, 0.25) is 0 Å². The van der Waals surface area contributed by atoms with Gasteiger partial charge >= 0.3 is 0 Å². The third-order valence-corrected chi connectivity index (χ3v) is 4.14. The maximum absolute atomic E-state index is 11.8. The van der Waals surface area contributed by atoms with E-state index in [1.54, 1.807) is 0 Å². The van der Waals surface area contributed by atoms with E-state index in [1.165, 1.54) is 25.9 Å². The molecule has 5 nitrogen and oxygen atoms in total. The number of nitrogens with one attached hydrogen (secondary N) is 2. The van der Waals surface area contributed by atoms with Crippen LogP contribution in [0, 0.1) is 5.92 Å². The van der Waals surface area contributed by atoms with E-state index in [9.17, 15) is 4.79 Å². The van der Waals surface area contributed by atoms with Gasteiger partial charge in [0.25, 0.3) is 0 Å². The van der Waals surface area contributed by atoms with E-state index in [0.717, 1.165) is 32.0 Å². The van der Waals surface area contributed by atoms with Gasteiger partial charge in [0, 0.05) is 25.6 Å². The average molecular weight is 269 g/mol. The van der Waals surface area contributed by atoms with Crippen molar-refractivity contribution in [2.24, 2.45) is 5.92 Å². The van der Waals surface area contributed by atoms with Crippen LogP contribution in [0.5, 0.6) is 0 Å². The summed E-state index contributed by atoms with van der Waals surface area (Å²) in [5.74, 6) is 0.934. The molecule has 0 aromatic carbocycles. The molecule has 2 fully saturated rings. The first-order valence-electron chi connectivity index (χ1n) is 7.50. The zero-order chi connectivity index (χ0) is 13.5. The van der Waals surface area contributed by atoms with Gasteiger partial charge in [0.2, 0.25) is 5.91 Å². The first kappa shape index (κ1) is 14.8. The summed E-state index contributed by atoms with van der Waals surface area (Å²) in [6.07, 6.45) is 4.19. The molecular weight excluding hydrogens is 242 g/mol. The molecule has 0 radical (unpaired) electrons. The lowest BCUT2D eigenvalue weighted by atomic mass is 9.94. The van der Waals surface area contributed by atoms with Crippen molar-refractivity contribution in [1.29, 1.82) is 0 Å². The molecule has 2 N–H and O–H groups in total. The zero-order valence-corrected chi connectivity index (χ0v) is 12.0. The van der Waals surface area contributed by atoms with Crippen molar-refractivity contribution in [3.63, 3.8) is 0 Å². The topological polar surface area (TPSA) is 53.6 Å². The molecule has 110 valence electrons. The van der Waals surface area contributed by atoms with Crippen molar-refractivity contribution >= 4 is 5.91 Å². The summed E-state index contributed by atoms with van der Waals surface area (Å²) in [6.45, 7) is 5.48. The van der Waals surface area contributed by atoms with E-state index >= 15 is 0 Å². The first-order valence-corrected chi connectivity index (χ1v) is 7.50. The summed E-state index contributed by atoms with van der Waals surface area (Å²) in [6, 6.07) is 0.192. The highest BCUT2D eigenvalue weighted by atomic mass is 16.5. The molecule has 2 aliphatic heterocycles. The Morgan fingerprint density at radius 1 is 1.42 bits per heavy atom. The highest BCUT2D eigenvalue weighted by Crippen LogP contribution is 2.18. The molecule has 2 rings (SSSR count). The van der Waals surface area contributed by atoms with E-state index in [4.69, 9.17) is 4.74 Å². The van der Waals surface area contributed by atoms with E-state index in [1.807, 2.05) is 0 Å². The van der Waals surface area contributed by atoms with Crippen molar-refractivity contribution in [2.75, 3.05) is 46.4 Å². The minimum Gasteiger partial charge on any atom is -0.378 e. The molecule has 0 aromatic rings. The fourth-order valence-electron chi connectivity index (χ4n) is 2.81. The standard InChI is InChI=1S/C14H27N3O2/c1-17-7-3-12(4-8-17)2-5-16-14(18)10-13-11-19-9-6-15-13/h12-13,15H,2-11H2,1H3,(H,16,18). The van der Waals surface area contributed by atoms with Gasteiger partial charge in [0.1, 0.15) is 0 Å². The van der Waals surface area contributed by atoms with Crippen LogP contribution in [0.1, 0.15) is 25.7 Å². The Kier molecular flexibility index (Phi) is 6.07. The number of hydrogen-bond acceptors (Lipinski definition) is 4. The minimum atomic E-state index is 0.149. The van der Waals surface area contributed by atoms with Crippen LogP contribution < -0.4 is 10.6 Å². The van der Waals surface area contributed by atoms with Crippen LogP contribution >= 0.6 is 0 Å². The van der Waals surface area contributed by atoms with Gasteiger partial charge in [-0.3, -0.25) is 4.79 Å². The maximum Gasteiger partial charge on any atom is 0.221 e. The van der Waals surface area contributed by atoms with Crippen molar-refractivity contribution in [3.05, 3.63) is 0 Å². The molecule has 2 saturated heterocycles. The van der Waals surface area contributed by atoms with Crippen LogP contribution in [0.25, 0.3) is 0 Å². The minimum absolute atomic E-state index is 0.149. The van der Waals surface area contributed by atoms with Crippen LogP contribution in [0.4, 0.5) is 0 Å². The SMILES string of the molecule is CN1CCC(CCNC(=O)CC2COCCN2)CC1. The molecule has 0 aromatic heterocycles. The number of amides is 1. The maximum atomic E-state index is 11.8. The lowest BCUT2D eigenvalue weighted by Crippen LogP contribution is -2.44. The molecule has 1 unspecified atom stereocenters. The molecule has 2 heterocycles. The number of hydrogen-bond donors (Lipinski definition) is 2. The van der Waals surface area contributed by atoms with E-state index in [0.29, 0.717) is 13.0 Å². The van der Waals surface area contributed by atoms with Crippen molar-refractivity contribution in [2.45, 2.75) is 31.7 Å². The molecule has 19 heavy (non-hydrogen) atoms. The summed E-state index contributed by atoms with van der Waals surface area (Å²) >= 11 is 0. The second kappa shape index (κ2) is 7.82. The fraction of sp³-hybridized carbons (Fsp3) is 0.929. The normalized spacial score (nSPS) is 26.3. The van der Waals surface area contributed by atoms with Gasteiger partial charge in [-0.2, -0.15) is 0 Å². The lowest BCUT2D eigenvalue weighted by Gasteiger charge is -2.29. The summed E-state index contributed by atoms with van der Waals surface area (Å²) in [5.41, 5.74) is 0. The second-order valence-electron chi connectivity index (χ2n) is 5.82. The van der Waals surface area contributed by atoms with Gasteiger partial charge in [-0.05, 0) is 45.3 Å². The molecule has 2 aliphatic rings. The number of ether oxygens (including phenoxy) is 1. The van der Waals surface area contributed by atoms with E-state index in [-0.39, 0.29) is 11.9 Å². The quantitative estimate of drug-likeness (QED) is 0.749. The van der Waals surface area contributed by atoms with Crippen LogP contribution in [-0.4, -0.2) is 63.3 Å². The lowest BCUT2D eigenvalue weighted by molar-refractivity contribution is -0.122. The van der Waals surface area contributed by atoms with Crippen LogP contribution in [0.15, 0.2) is 0 Å². The molecule has 0 aliphatic carbocycles. The third-order valence-electron chi connectivity index (χ3n) is 4.14. The Hall–Kier alpha value is -0.650. The fourth-order valence-corrected chi connectivity index (χ4v) is 2.81. The number of morpholine rings is 1. The summed E-state index contributed by atoms with van der Waals surface area (Å²) in [5, 5.41) is 6.34. The summed E-state index contributed by atoms with van der Waals surface area (Å²) in [4.78, 5) is 14.2. The summed E-state index contributed by atoms with van der Waals surface area (Å²) < 4.78 is 5.35. The van der Waals surface area contributed by atoms with Gasteiger partial charge < -0.3 is 20.3 Å². The Balaban J connectivity index is 1.53. The Bertz CT molecular complexity index is 272. The summed E-state index contributed by atoms with van der Waals surface area (Å²) in [7, 11) is 2.18. The van der Waals surface area contributed by atoms with Crippen LogP contribution in [-0.2, 0) is 9.53 Å². The molecule has 5 heteroatoms. The molecule has 0 spiro atoms. The highest BCUT2D eigenvalue weighted by molar-refractivity contribution is 5.76. The first-order chi connectivity index (χ1) is 9.24. The number of nitrogens with zero attached hydrogens (tertiary/aromatic N) is 1. The Labute approximate surface area is 116 Å². The van der Waals surface area contributed by atoms with E-state index < -0.39 is 0 Å². The number of likely N-dealkylation sites (tertiary alicyclic amines) is 1. The van der Waals surface area contributed by atoms with Crippen molar-refractivity contribution < 1.29 is 9.53 Å².